The molecular formula is C21H31N3O3. The topological polar surface area (TPSA) is 72.9 Å². The largest absolute Gasteiger partial charge is 0.396 e. The lowest BCUT2D eigenvalue weighted by atomic mass is 9.95. The van der Waals surface area contributed by atoms with Gasteiger partial charge in [-0.1, -0.05) is 24.6 Å². The molecule has 2 saturated heterocycles. The van der Waals surface area contributed by atoms with Crippen molar-refractivity contribution >= 4 is 17.5 Å². The third-order valence-electron chi connectivity index (χ3n) is 5.81. The Balaban J connectivity index is 1.45. The van der Waals surface area contributed by atoms with Crippen molar-refractivity contribution in [2.75, 3.05) is 38.1 Å². The number of likely N-dealkylation sites (tertiary alicyclic amines) is 2. The third kappa shape index (κ3) is 5.53. The van der Waals surface area contributed by atoms with Gasteiger partial charge in [0.05, 0.1) is 6.54 Å². The summed E-state index contributed by atoms with van der Waals surface area (Å²) in [6.07, 6.45) is 5.54. The number of hydrogen-bond donors (Lipinski definition) is 2. The SMILES string of the molecule is O=C(Nc1ccccc1)C1CCN(C(=O)CN2CCCC[C@H]2CCO)CC1. The van der Waals surface area contributed by atoms with Crippen molar-refractivity contribution in [3.8, 4) is 0 Å². The van der Waals surface area contributed by atoms with E-state index in [1.54, 1.807) is 0 Å². The van der Waals surface area contributed by atoms with E-state index in [0.29, 0.717) is 38.5 Å². The van der Waals surface area contributed by atoms with Gasteiger partial charge in [0.1, 0.15) is 0 Å². The van der Waals surface area contributed by atoms with Crippen molar-refractivity contribution < 1.29 is 14.7 Å². The van der Waals surface area contributed by atoms with E-state index in [4.69, 9.17) is 0 Å². The molecule has 0 aliphatic carbocycles. The number of carbonyl (C=O) groups is 2. The van der Waals surface area contributed by atoms with E-state index < -0.39 is 0 Å². The molecule has 6 heteroatoms. The molecule has 6 nitrogen and oxygen atoms in total. The molecule has 0 spiro atoms. The normalized spacial score (nSPS) is 21.8. The van der Waals surface area contributed by atoms with Crippen LogP contribution < -0.4 is 5.32 Å². The summed E-state index contributed by atoms with van der Waals surface area (Å²) in [4.78, 5) is 29.3. The molecule has 2 heterocycles. The first-order chi connectivity index (χ1) is 13.2. The smallest absolute Gasteiger partial charge is 0.236 e. The fourth-order valence-corrected chi connectivity index (χ4v) is 4.17. The number of rotatable bonds is 6. The number of nitrogens with one attached hydrogen (secondary N) is 1. The predicted octanol–water partition coefficient (Wildman–Crippen LogP) is 2.10. The predicted molar refractivity (Wildman–Crippen MR) is 105 cm³/mol. The Morgan fingerprint density at radius 3 is 2.48 bits per heavy atom. The fourth-order valence-electron chi connectivity index (χ4n) is 4.17. The molecule has 2 amide bonds. The second-order valence-corrected chi connectivity index (χ2v) is 7.64. The molecule has 1 aromatic rings. The number of aliphatic hydroxyl groups is 1. The van der Waals surface area contributed by atoms with Crippen LogP contribution in [0.3, 0.4) is 0 Å². The number of aliphatic hydroxyl groups excluding tert-OH is 1. The molecule has 2 aliphatic rings. The van der Waals surface area contributed by atoms with Gasteiger partial charge >= 0.3 is 0 Å². The molecule has 3 rings (SSSR count). The Hall–Kier alpha value is -1.92. The first kappa shape index (κ1) is 19.8. The van der Waals surface area contributed by atoms with Gasteiger partial charge in [-0.05, 0) is 50.8 Å². The van der Waals surface area contributed by atoms with Crippen LogP contribution in [0.2, 0.25) is 0 Å². The highest BCUT2D eigenvalue weighted by Gasteiger charge is 2.30. The van der Waals surface area contributed by atoms with E-state index in [2.05, 4.69) is 10.2 Å². The summed E-state index contributed by atoms with van der Waals surface area (Å²) in [7, 11) is 0. The average Bonchev–Trinajstić information content (AvgIpc) is 2.70. The van der Waals surface area contributed by atoms with Crippen molar-refractivity contribution in [3.63, 3.8) is 0 Å². The Labute approximate surface area is 161 Å². The maximum absolute atomic E-state index is 12.7. The van der Waals surface area contributed by atoms with Gasteiger partial charge in [0.25, 0.3) is 0 Å². The monoisotopic (exact) mass is 373 g/mol. The van der Waals surface area contributed by atoms with Crippen LogP contribution in [0.25, 0.3) is 0 Å². The van der Waals surface area contributed by atoms with Gasteiger partial charge in [-0.15, -0.1) is 0 Å². The summed E-state index contributed by atoms with van der Waals surface area (Å²) < 4.78 is 0. The lowest BCUT2D eigenvalue weighted by molar-refractivity contribution is -0.136. The molecule has 0 bridgehead atoms. The number of amides is 2. The summed E-state index contributed by atoms with van der Waals surface area (Å²) in [6, 6.07) is 9.83. The molecular weight excluding hydrogens is 342 g/mol. The molecule has 0 saturated carbocycles. The van der Waals surface area contributed by atoms with E-state index >= 15 is 0 Å². The molecule has 1 atom stereocenters. The highest BCUT2D eigenvalue weighted by molar-refractivity contribution is 5.92. The van der Waals surface area contributed by atoms with Gasteiger partial charge in [0.2, 0.25) is 11.8 Å². The number of piperidine rings is 2. The number of carbonyl (C=O) groups excluding carboxylic acids is 2. The summed E-state index contributed by atoms with van der Waals surface area (Å²) >= 11 is 0. The number of para-hydroxylation sites is 1. The summed E-state index contributed by atoms with van der Waals surface area (Å²) in [5.41, 5.74) is 0.820. The Kier molecular flexibility index (Phi) is 7.24. The zero-order valence-corrected chi connectivity index (χ0v) is 16.0. The molecule has 0 unspecified atom stereocenters. The Morgan fingerprint density at radius 2 is 1.78 bits per heavy atom. The summed E-state index contributed by atoms with van der Waals surface area (Å²) in [5.74, 6) is 0.167. The van der Waals surface area contributed by atoms with Crippen LogP contribution in [0.4, 0.5) is 5.69 Å². The zero-order chi connectivity index (χ0) is 19.1. The maximum Gasteiger partial charge on any atom is 0.236 e. The summed E-state index contributed by atoms with van der Waals surface area (Å²) in [5, 5.41) is 12.2. The minimum absolute atomic E-state index is 0.0358. The molecule has 2 N–H and O–H groups in total. The van der Waals surface area contributed by atoms with Crippen molar-refractivity contribution in [1.82, 2.24) is 9.80 Å². The Bertz CT molecular complexity index is 612. The molecule has 0 aromatic heterocycles. The van der Waals surface area contributed by atoms with Gasteiger partial charge < -0.3 is 15.3 Å². The zero-order valence-electron chi connectivity index (χ0n) is 16.0. The van der Waals surface area contributed by atoms with Crippen LogP contribution in [-0.4, -0.2) is 65.5 Å². The minimum Gasteiger partial charge on any atom is -0.396 e. The lowest BCUT2D eigenvalue weighted by Gasteiger charge is -2.37. The lowest BCUT2D eigenvalue weighted by Crippen LogP contribution is -2.49. The van der Waals surface area contributed by atoms with E-state index in [-0.39, 0.29) is 24.3 Å². The minimum atomic E-state index is -0.0358. The van der Waals surface area contributed by atoms with Crippen LogP contribution >= 0.6 is 0 Å². The van der Waals surface area contributed by atoms with Crippen LogP contribution in [0, 0.1) is 5.92 Å². The van der Waals surface area contributed by atoms with Crippen LogP contribution in [0.1, 0.15) is 38.5 Å². The first-order valence-electron chi connectivity index (χ1n) is 10.2. The quantitative estimate of drug-likeness (QED) is 0.801. The van der Waals surface area contributed by atoms with E-state index in [1.165, 1.54) is 6.42 Å². The Morgan fingerprint density at radius 1 is 1.04 bits per heavy atom. The molecule has 2 fully saturated rings. The third-order valence-corrected chi connectivity index (χ3v) is 5.81. The highest BCUT2D eigenvalue weighted by atomic mass is 16.3. The van der Waals surface area contributed by atoms with Crippen molar-refractivity contribution in [2.24, 2.45) is 5.92 Å². The van der Waals surface area contributed by atoms with Gasteiger partial charge in [-0.25, -0.2) is 0 Å². The van der Waals surface area contributed by atoms with Crippen molar-refractivity contribution in [3.05, 3.63) is 30.3 Å². The molecule has 0 radical (unpaired) electrons. The average molecular weight is 373 g/mol. The van der Waals surface area contributed by atoms with E-state index in [9.17, 15) is 14.7 Å². The van der Waals surface area contributed by atoms with Crippen LogP contribution in [0.5, 0.6) is 0 Å². The van der Waals surface area contributed by atoms with Crippen molar-refractivity contribution in [2.45, 2.75) is 44.6 Å². The maximum atomic E-state index is 12.7. The van der Waals surface area contributed by atoms with E-state index in [0.717, 1.165) is 31.5 Å². The second-order valence-electron chi connectivity index (χ2n) is 7.64. The number of nitrogens with zero attached hydrogens (tertiary/aromatic N) is 2. The fraction of sp³-hybridized carbons (Fsp3) is 0.619. The molecule has 1 aromatic carbocycles. The van der Waals surface area contributed by atoms with Gasteiger partial charge in [-0.3, -0.25) is 14.5 Å². The van der Waals surface area contributed by atoms with Crippen LogP contribution in [-0.2, 0) is 9.59 Å². The number of anilines is 1. The molecule has 2 aliphatic heterocycles. The van der Waals surface area contributed by atoms with Gasteiger partial charge in [-0.2, -0.15) is 0 Å². The highest BCUT2D eigenvalue weighted by Crippen LogP contribution is 2.22. The van der Waals surface area contributed by atoms with Crippen LogP contribution in [0.15, 0.2) is 30.3 Å². The van der Waals surface area contributed by atoms with Gasteiger partial charge in [0, 0.05) is 37.3 Å². The van der Waals surface area contributed by atoms with Crippen molar-refractivity contribution in [1.29, 1.82) is 0 Å². The first-order valence-corrected chi connectivity index (χ1v) is 10.2. The molecule has 148 valence electrons. The van der Waals surface area contributed by atoms with Gasteiger partial charge in [0.15, 0.2) is 0 Å². The second kappa shape index (κ2) is 9.85. The van der Waals surface area contributed by atoms with E-state index in [1.807, 2.05) is 35.2 Å². The number of hydrogen-bond acceptors (Lipinski definition) is 4. The molecule has 27 heavy (non-hydrogen) atoms. The number of benzene rings is 1. The summed E-state index contributed by atoms with van der Waals surface area (Å²) in [6.45, 7) is 2.84. The standard InChI is InChI=1S/C21H31N3O3/c25-15-11-19-8-4-5-12-24(19)16-20(26)23-13-9-17(10-14-23)21(27)22-18-6-2-1-3-7-18/h1-3,6-7,17,19,25H,4-5,8-16H2,(H,22,27)/t19-/m0/s1.